The number of hydrogen-bond acceptors (Lipinski definition) is 3. The molecule has 1 heterocycles. The molecule has 1 aliphatic rings. The largest absolute Gasteiger partial charge is 0.481 e. The van der Waals surface area contributed by atoms with Gasteiger partial charge in [-0.25, -0.2) is 0 Å². The topological polar surface area (TPSA) is 86.7 Å². The van der Waals surface area contributed by atoms with Gasteiger partial charge in [0.05, 0.1) is 18.4 Å². The van der Waals surface area contributed by atoms with Crippen molar-refractivity contribution in [2.45, 2.75) is 52.1 Å². The number of amides is 2. The first-order valence-electron chi connectivity index (χ1n) is 8.64. The van der Waals surface area contributed by atoms with Gasteiger partial charge in [-0.1, -0.05) is 29.8 Å². The van der Waals surface area contributed by atoms with Crippen LogP contribution >= 0.6 is 0 Å². The molecule has 0 bridgehead atoms. The smallest absolute Gasteiger partial charge is 0.308 e. The number of nitrogens with zero attached hydrogens (tertiary/aromatic N) is 1. The number of benzene rings is 1. The molecule has 3 atom stereocenters. The number of piperidine rings is 1. The number of rotatable bonds is 5. The van der Waals surface area contributed by atoms with Gasteiger partial charge in [0, 0.05) is 19.5 Å². The van der Waals surface area contributed by atoms with Gasteiger partial charge in [0.2, 0.25) is 11.8 Å². The minimum absolute atomic E-state index is 0.0131. The number of carbonyl (C=O) groups excluding carboxylic acids is 2. The third kappa shape index (κ3) is 5.05. The zero-order valence-electron chi connectivity index (χ0n) is 15.0. The standard InChI is InChI=1S/C19H26N2O4/c1-12-4-7-15(8-5-12)17(20-14(3)22)10-18(23)21-11-16(19(24)25)9-6-13(21)2/h4-5,7-8,13,16-17H,6,9-11H2,1-3H3,(H,20,22)(H,24,25). The van der Waals surface area contributed by atoms with E-state index in [-0.39, 0.29) is 30.8 Å². The molecule has 1 saturated heterocycles. The predicted octanol–water partition coefficient (Wildman–Crippen LogP) is 2.27. The third-order valence-corrected chi connectivity index (χ3v) is 4.79. The second-order valence-electron chi connectivity index (χ2n) is 6.88. The van der Waals surface area contributed by atoms with Crippen LogP contribution in [0.3, 0.4) is 0 Å². The number of carbonyl (C=O) groups is 3. The van der Waals surface area contributed by atoms with Gasteiger partial charge < -0.3 is 15.3 Å². The number of nitrogens with one attached hydrogen (secondary N) is 1. The molecule has 1 aromatic carbocycles. The lowest BCUT2D eigenvalue weighted by molar-refractivity contribution is -0.147. The molecule has 25 heavy (non-hydrogen) atoms. The maximum Gasteiger partial charge on any atom is 0.308 e. The van der Waals surface area contributed by atoms with Crippen molar-refractivity contribution in [3.8, 4) is 0 Å². The number of aryl methyl sites for hydroxylation is 1. The minimum atomic E-state index is -0.860. The second kappa shape index (κ2) is 8.14. The molecule has 0 spiro atoms. The van der Waals surface area contributed by atoms with E-state index in [4.69, 9.17) is 0 Å². The lowest BCUT2D eigenvalue weighted by Gasteiger charge is -2.37. The van der Waals surface area contributed by atoms with E-state index in [0.717, 1.165) is 11.1 Å². The van der Waals surface area contributed by atoms with Crippen LogP contribution in [0.1, 0.15) is 50.3 Å². The third-order valence-electron chi connectivity index (χ3n) is 4.79. The molecule has 0 radical (unpaired) electrons. The molecule has 2 rings (SSSR count). The predicted molar refractivity (Wildman–Crippen MR) is 93.9 cm³/mol. The van der Waals surface area contributed by atoms with Gasteiger partial charge in [0.25, 0.3) is 0 Å². The Labute approximate surface area is 148 Å². The Bertz CT molecular complexity index is 641. The number of aliphatic carboxylic acids is 1. The summed E-state index contributed by atoms with van der Waals surface area (Å²) >= 11 is 0. The fourth-order valence-electron chi connectivity index (χ4n) is 3.24. The molecule has 2 amide bonds. The summed E-state index contributed by atoms with van der Waals surface area (Å²) in [5.74, 6) is -1.70. The highest BCUT2D eigenvalue weighted by molar-refractivity contribution is 5.80. The lowest BCUT2D eigenvalue weighted by atomic mass is 9.92. The highest BCUT2D eigenvalue weighted by atomic mass is 16.4. The Balaban J connectivity index is 2.13. The minimum Gasteiger partial charge on any atom is -0.481 e. The fourth-order valence-corrected chi connectivity index (χ4v) is 3.24. The Hall–Kier alpha value is -2.37. The summed E-state index contributed by atoms with van der Waals surface area (Å²) in [6.45, 7) is 5.57. The van der Waals surface area contributed by atoms with E-state index in [1.165, 1.54) is 6.92 Å². The Morgan fingerprint density at radius 2 is 1.88 bits per heavy atom. The summed E-state index contributed by atoms with van der Waals surface area (Å²) in [7, 11) is 0. The van der Waals surface area contributed by atoms with Crippen LogP contribution in [0.4, 0.5) is 0 Å². The van der Waals surface area contributed by atoms with Crippen LogP contribution in [0.5, 0.6) is 0 Å². The van der Waals surface area contributed by atoms with Crippen molar-refractivity contribution in [3.63, 3.8) is 0 Å². The van der Waals surface area contributed by atoms with E-state index in [2.05, 4.69) is 5.32 Å². The highest BCUT2D eigenvalue weighted by Crippen LogP contribution is 2.25. The summed E-state index contributed by atoms with van der Waals surface area (Å²) < 4.78 is 0. The lowest BCUT2D eigenvalue weighted by Crippen LogP contribution is -2.48. The van der Waals surface area contributed by atoms with Crippen molar-refractivity contribution in [2.24, 2.45) is 5.92 Å². The summed E-state index contributed by atoms with van der Waals surface area (Å²) in [6, 6.07) is 7.30. The van der Waals surface area contributed by atoms with Crippen LogP contribution in [0.25, 0.3) is 0 Å². The van der Waals surface area contributed by atoms with Gasteiger partial charge >= 0.3 is 5.97 Å². The van der Waals surface area contributed by atoms with Gasteiger partial charge in [-0.3, -0.25) is 14.4 Å². The van der Waals surface area contributed by atoms with E-state index >= 15 is 0 Å². The van der Waals surface area contributed by atoms with E-state index in [9.17, 15) is 19.5 Å². The van der Waals surface area contributed by atoms with E-state index in [1.54, 1.807) is 4.90 Å². The molecule has 1 aromatic rings. The Morgan fingerprint density at radius 1 is 1.24 bits per heavy atom. The van der Waals surface area contributed by atoms with E-state index in [0.29, 0.717) is 12.8 Å². The van der Waals surface area contributed by atoms with Crippen LogP contribution < -0.4 is 5.32 Å². The van der Waals surface area contributed by atoms with Crippen molar-refractivity contribution in [2.75, 3.05) is 6.54 Å². The summed E-state index contributed by atoms with van der Waals surface area (Å²) in [6.07, 6.45) is 1.39. The van der Waals surface area contributed by atoms with Gasteiger partial charge in [-0.15, -0.1) is 0 Å². The maximum absolute atomic E-state index is 12.8. The zero-order valence-corrected chi connectivity index (χ0v) is 15.0. The normalized spacial score (nSPS) is 21.5. The molecule has 2 N–H and O–H groups in total. The SMILES string of the molecule is CC(=O)NC(CC(=O)N1CC(C(=O)O)CCC1C)c1ccc(C)cc1. The molecule has 1 fully saturated rings. The first kappa shape index (κ1) is 19.0. The second-order valence-corrected chi connectivity index (χ2v) is 6.88. The van der Waals surface area contributed by atoms with Crippen molar-refractivity contribution >= 4 is 17.8 Å². The number of hydrogen-bond donors (Lipinski definition) is 2. The molecule has 0 saturated carbocycles. The van der Waals surface area contributed by atoms with Crippen molar-refractivity contribution in [1.29, 1.82) is 0 Å². The number of carboxylic acids is 1. The molecular weight excluding hydrogens is 320 g/mol. The average molecular weight is 346 g/mol. The van der Waals surface area contributed by atoms with Crippen molar-refractivity contribution in [1.82, 2.24) is 10.2 Å². The van der Waals surface area contributed by atoms with E-state index in [1.807, 2.05) is 38.1 Å². The Kier molecular flexibility index (Phi) is 6.17. The van der Waals surface area contributed by atoms with Gasteiger partial charge in [-0.2, -0.15) is 0 Å². The molecular formula is C19H26N2O4. The molecule has 0 aliphatic carbocycles. The van der Waals surface area contributed by atoms with Crippen molar-refractivity contribution < 1.29 is 19.5 Å². The average Bonchev–Trinajstić information content (AvgIpc) is 2.54. The molecule has 1 aliphatic heterocycles. The molecule has 6 heteroatoms. The van der Waals surface area contributed by atoms with Crippen LogP contribution in [0, 0.1) is 12.8 Å². The van der Waals surface area contributed by atoms with Crippen LogP contribution in [-0.2, 0) is 14.4 Å². The maximum atomic E-state index is 12.8. The first-order chi connectivity index (χ1) is 11.8. The highest BCUT2D eigenvalue weighted by Gasteiger charge is 2.33. The molecule has 0 aromatic heterocycles. The fraction of sp³-hybridized carbons (Fsp3) is 0.526. The van der Waals surface area contributed by atoms with Gasteiger partial charge in [0.15, 0.2) is 0 Å². The summed E-state index contributed by atoms with van der Waals surface area (Å²) in [5, 5.41) is 12.1. The summed E-state index contributed by atoms with van der Waals surface area (Å²) in [4.78, 5) is 37.2. The Morgan fingerprint density at radius 3 is 2.44 bits per heavy atom. The molecule has 136 valence electrons. The van der Waals surface area contributed by atoms with Crippen LogP contribution in [-0.4, -0.2) is 40.4 Å². The summed E-state index contributed by atoms with van der Waals surface area (Å²) in [5.41, 5.74) is 1.97. The number of likely N-dealkylation sites (tertiary alicyclic amines) is 1. The molecule has 3 unspecified atom stereocenters. The van der Waals surface area contributed by atoms with Gasteiger partial charge in [-0.05, 0) is 32.3 Å². The quantitative estimate of drug-likeness (QED) is 0.856. The van der Waals surface area contributed by atoms with Crippen LogP contribution in [0.15, 0.2) is 24.3 Å². The van der Waals surface area contributed by atoms with Crippen molar-refractivity contribution in [3.05, 3.63) is 35.4 Å². The van der Waals surface area contributed by atoms with Crippen LogP contribution in [0.2, 0.25) is 0 Å². The van der Waals surface area contributed by atoms with Gasteiger partial charge in [0.1, 0.15) is 0 Å². The zero-order chi connectivity index (χ0) is 18.6. The molecule has 6 nitrogen and oxygen atoms in total. The number of carboxylic acid groups (broad SMARTS) is 1. The van der Waals surface area contributed by atoms with E-state index < -0.39 is 17.9 Å². The monoisotopic (exact) mass is 346 g/mol. The first-order valence-corrected chi connectivity index (χ1v) is 8.64.